The van der Waals surface area contributed by atoms with Crippen LogP contribution in [0.2, 0.25) is 0 Å². The van der Waals surface area contributed by atoms with Gasteiger partial charge in [-0.15, -0.1) is 0 Å². The molecule has 0 amide bonds. The molecular weight excluding hydrogens is 571 g/mol. The van der Waals surface area contributed by atoms with E-state index in [2.05, 4.69) is 168 Å². The first-order chi connectivity index (χ1) is 23.2. The number of rotatable bonds is 5. The van der Waals surface area contributed by atoms with Crippen molar-refractivity contribution in [3.8, 4) is 39.1 Å². The lowest BCUT2D eigenvalue weighted by atomic mass is 9.91. The lowest BCUT2D eigenvalue weighted by molar-refractivity contribution is 0.722. The van der Waals surface area contributed by atoms with Crippen molar-refractivity contribution < 1.29 is 0 Å². The average Bonchev–Trinajstić information content (AvgIpc) is 3.39. The van der Waals surface area contributed by atoms with Crippen LogP contribution in [0.25, 0.3) is 60.9 Å². The maximum Gasteiger partial charge on any atom is 0.0541 e. The molecule has 9 rings (SSSR count). The number of benzene rings is 7. The zero-order chi connectivity index (χ0) is 31.3. The maximum absolute atomic E-state index is 6.65. The Morgan fingerprint density at radius 3 is 1.87 bits per heavy atom. The number of nitrogens with two attached hydrogens (primary N) is 1. The Labute approximate surface area is 274 Å². The predicted octanol–water partition coefficient (Wildman–Crippen LogP) is 11.1. The van der Waals surface area contributed by atoms with Crippen molar-refractivity contribution in [3.63, 3.8) is 0 Å². The van der Waals surface area contributed by atoms with Crippen LogP contribution in [0, 0.1) is 0 Å². The van der Waals surface area contributed by atoms with E-state index in [1.165, 1.54) is 66.4 Å². The number of fused-ring (bicyclic) bond motifs is 8. The molecule has 0 saturated carbocycles. The first-order valence-electron chi connectivity index (χ1n) is 16.2. The quantitative estimate of drug-likeness (QED) is 0.205. The zero-order valence-corrected chi connectivity index (χ0v) is 25.9. The van der Waals surface area contributed by atoms with Crippen LogP contribution in [-0.4, -0.2) is 4.57 Å². The summed E-state index contributed by atoms with van der Waals surface area (Å²) < 4.78 is 2.36. The Bertz CT molecular complexity index is 2420. The number of hydrogen-bond donors (Lipinski definition) is 2. The molecule has 0 bridgehead atoms. The van der Waals surface area contributed by atoms with Crippen LogP contribution in [0.3, 0.4) is 0 Å². The number of nitrogens with zero attached hydrogens (tertiary/aromatic N) is 1. The normalized spacial score (nSPS) is 12.5. The average molecular weight is 604 g/mol. The second-order valence-electron chi connectivity index (χ2n) is 12.5. The van der Waals surface area contributed by atoms with Gasteiger partial charge in [0.2, 0.25) is 0 Å². The van der Waals surface area contributed by atoms with Crippen LogP contribution >= 0.6 is 0 Å². The van der Waals surface area contributed by atoms with Crippen LogP contribution in [0.1, 0.15) is 17.2 Å². The first-order valence-corrected chi connectivity index (χ1v) is 16.2. The highest BCUT2D eigenvalue weighted by Crippen LogP contribution is 2.46. The van der Waals surface area contributed by atoms with Crippen molar-refractivity contribution in [2.75, 3.05) is 5.32 Å². The van der Waals surface area contributed by atoms with E-state index in [9.17, 15) is 0 Å². The molecule has 0 spiro atoms. The Morgan fingerprint density at radius 1 is 0.489 bits per heavy atom. The molecule has 0 aliphatic carbocycles. The van der Waals surface area contributed by atoms with E-state index in [-0.39, 0.29) is 6.04 Å². The summed E-state index contributed by atoms with van der Waals surface area (Å²) in [6.07, 6.45) is 0.777. The minimum absolute atomic E-state index is 0.0537. The zero-order valence-electron chi connectivity index (χ0n) is 25.9. The molecule has 224 valence electrons. The third-order valence-electron chi connectivity index (χ3n) is 9.58. The molecule has 1 atom stereocenters. The van der Waals surface area contributed by atoms with Crippen molar-refractivity contribution in [2.24, 2.45) is 5.73 Å². The van der Waals surface area contributed by atoms with Gasteiger partial charge in [0.15, 0.2) is 0 Å². The van der Waals surface area contributed by atoms with Gasteiger partial charge in [-0.3, -0.25) is 0 Å². The van der Waals surface area contributed by atoms with Crippen molar-refractivity contribution in [2.45, 2.75) is 12.5 Å². The topological polar surface area (TPSA) is 43.0 Å². The van der Waals surface area contributed by atoms with Gasteiger partial charge in [-0.1, -0.05) is 109 Å². The minimum atomic E-state index is -0.0537. The van der Waals surface area contributed by atoms with Gasteiger partial charge in [-0.25, -0.2) is 0 Å². The third kappa shape index (κ3) is 4.72. The molecule has 0 radical (unpaired) electrons. The van der Waals surface area contributed by atoms with E-state index < -0.39 is 0 Å². The number of para-hydroxylation sites is 2. The summed E-state index contributed by atoms with van der Waals surface area (Å²) >= 11 is 0. The van der Waals surface area contributed by atoms with E-state index >= 15 is 0 Å². The summed E-state index contributed by atoms with van der Waals surface area (Å²) in [6, 6.07) is 58.8. The molecule has 2 heterocycles. The van der Waals surface area contributed by atoms with Gasteiger partial charge >= 0.3 is 0 Å². The SMILES string of the molecule is NC(Cc1ccc2c(c1)-c1ccccc1-c1cc(-c3ccc4c(c3)c3ccccc3n4-c3ccccc3)ccc1N2)c1ccccc1. The number of nitrogens with one attached hydrogen (secondary N) is 1. The van der Waals surface area contributed by atoms with Gasteiger partial charge < -0.3 is 15.6 Å². The highest BCUT2D eigenvalue weighted by molar-refractivity contribution is 6.10. The van der Waals surface area contributed by atoms with Crippen molar-refractivity contribution in [1.29, 1.82) is 0 Å². The molecule has 1 unspecified atom stereocenters. The molecule has 0 fully saturated rings. The molecule has 47 heavy (non-hydrogen) atoms. The maximum atomic E-state index is 6.65. The van der Waals surface area contributed by atoms with Crippen LogP contribution in [0.5, 0.6) is 0 Å². The van der Waals surface area contributed by atoms with Crippen molar-refractivity contribution in [1.82, 2.24) is 4.57 Å². The molecular formula is C44H33N3. The van der Waals surface area contributed by atoms with E-state index in [1.54, 1.807) is 0 Å². The fourth-order valence-corrected chi connectivity index (χ4v) is 7.28. The standard InChI is InChI=1S/C44H33N3/c45-40(30-11-3-1-4-12-30)26-29-19-22-41-37(25-29)34-15-7-8-16-35(34)38-27-31(20-23-42(38)46-41)32-21-24-44-39(28-32)36-17-9-10-18-43(36)47(44)33-13-5-2-6-14-33/h1-25,27-28,40,46H,26,45H2. The monoisotopic (exact) mass is 603 g/mol. The van der Waals surface area contributed by atoms with Crippen molar-refractivity contribution >= 4 is 33.2 Å². The Hall–Kier alpha value is -5.90. The van der Waals surface area contributed by atoms with Crippen LogP contribution in [0.15, 0.2) is 164 Å². The molecule has 3 nitrogen and oxygen atoms in total. The summed E-state index contributed by atoms with van der Waals surface area (Å²) in [6.45, 7) is 0. The molecule has 3 heteroatoms. The molecule has 7 aromatic carbocycles. The van der Waals surface area contributed by atoms with Crippen molar-refractivity contribution in [3.05, 3.63) is 175 Å². The lowest BCUT2D eigenvalue weighted by Gasteiger charge is -2.15. The van der Waals surface area contributed by atoms with Gasteiger partial charge in [0, 0.05) is 45.0 Å². The van der Waals surface area contributed by atoms with Gasteiger partial charge in [0.05, 0.1) is 11.0 Å². The summed E-state index contributed by atoms with van der Waals surface area (Å²) in [5.74, 6) is 0. The number of hydrogen-bond acceptors (Lipinski definition) is 2. The van der Waals surface area contributed by atoms with Crippen LogP contribution in [-0.2, 0) is 6.42 Å². The molecule has 8 aromatic rings. The van der Waals surface area contributed by atoms with Crippen LogP contribution in [0.4, 0.5) is 11.4 Å². The minimum Gasteiger partial charge on any atom is -0.355 e. The lowest BCUT2D eigenvalue weighted by Crippen LogP contribution is -2.13. The summed E-state index contributed by atoms with van der Waals surface area (Å²) in [4.78, 5) is 0. The van der Waals surface area contributed by atoms with E-state index in [0.29, 0.717) is 0 Å². The first kappa shape index (κ1) is 27.4. The molecule has 0 saturated heterocycles. The van der Waals surface area contributed by atoms with Gasteiger partial charge in [0.25, 0.3) is 0 Å². The molecule has 1 aliphatic heterocycles. The van der Waals surface area contributed by atoms with E-state index in [0.717, 1.165) is 23.4 Å². The van der Waals surface area contributed by atoms with Gasteiger partial charge in [-0.2, -0.15) is 0 Å². The molecule has 3 N–H and O–H groups in total. The van der Waals surface area contributed by atoms with E-state index in [1.807, 2.05) is 6.07 Å². The third-order valence-corrected chi connectivity index (χ3v) is 9.58. The number of aromatic nitrogens is 1. The number of anilines is 2. The largest absolute Gasteiger partial charge is 0.355 e. The second-order valence-corrected chi connectivity index (χ2v) is 12.5. The summed E-state index contributed by atoms with van der Waals surface area (Å²) in [5, 5.41) is 6.29. The van der Waals surface area contributed by atoms with E-state index in [4.69, 9.17) is 5.73 Å². The Balaban J connectivity index is 1.13. The summed E-state index contributed by atoms with van der Waals surface area (Å²) in [5.41, 5.74) is 22.1. The van der Waals surface area contributed by atoms with Gasteiger partial charge in [0.1, 0.15) is 0 Å². The Kier molecular flexibility index (Phi) is 6.51. The highest BCUT2D eigenvalue weighted by atomic mass is 15.0. The molecule has 1 aliphatic rings. The Morgan fingerprint density at radius 2 is 1.09 bits per heavy atom. The fourth-order valence-electron chi connectivity index (χ4n) is 7.28. The van der Waals surface area contributed by atoms with Gasteiger partial charge in [-0.05, 0) is 94.4 Å². The smallest absolute Gasteiger partial charge is 0.0541 e. The second kappa shape index (κ2) is 11.2. The molecule has 1 aromatic heterocycles. The fraction of sp³-hybridized carbons (Fsp3) is 0.0455. The van der Waals surface area contributed by atoms with Crippen LogP contribution < -0.4 is 11.1 Å². The highest BCUT2D eigenvalue weighted by Gasteiger charge is 2.21. The predicted molar refractivity (Wildman–Crippen MR) is 197 cm³/mol. The summed E-state index contributed by atoms with van der Waals surface area (Å²) in [7, 11) is 0.